The van der Waals surface area contributed by atoms with Gasteiger partial charge in [0.15, 0.2) is 0 Å². The Labute approximate surface area is 162 Å². The van der Waals surface area contributed by atoms with Gasteiger partial charge in [0.05, 0.1) is 11.6 Å². The molecule has 1 heterocycles. The molecule has 0 aromatic heterocycles. The Bertz CT molecular complexity index is 711. The first-order valence-electron chi connectivity index (χ1n) is 9.33. The second-order valence-corrected chi connectivity index (χ2v) is 7.25. The minimum atomic E-state index is -4.48. The number of carbonyl (C=O) groups is 2. The lowest BCUT2D eigenvalue weighted by molar-refractivity contribution is -0.137. The molecule has 3 unspecified atom stereocenters. The summed E-state index contributed by atoms with van der Waals surface area (Å²) >= 11 is 0. The van der Waals surface area contributed by atoms with Crippen molar-refractivity contribution < 1.29 is 22.8 Å². The van der Waals surface area contributed by atoms with Gasteiger partial charge in [0.2, 0.25) is 5.91 Å². The summed E-state index contributed by atoms with van der Waals surface area (Å²) in [7, 11) is 0. The average molecular weight is 400 g/mol. The highest BCUT2D eigenvalue weighted by Gasteiger charge is 2.34. The number of rotatable bonds is 4. The quantitative estimate of drug-likeness (QED) is 0.815. The minimum Gasteiger partial charge on any atom is -0.338 e. The number of halogens is 3. The molecule has 0 saturated carbocycles. The van der Waals surface area contributed by atoms with Crippen LogP contribution in [0.5, 0.6) is 0 Å². The Morgan fingerprint density at radius 1 is 1.32 bits per heavy atom. The van der Waals surface area contributed by atoms with Crippen molar-refractivity contribution in [1.82, 2.24) is 9.80 Å². The van der Waals surface area contributed by atoms with Gasteiger partial charge in [0.25, 0.3) is 0 Å². The van der Waals surface area contributed by atoms with E-state index in [1.54, 1.807) is 11.8 Å². The van der Waals surface area contributed by atoms with Crippen molar-refractivity contribution in [2.45, 2.75) is 45.5 Å². The minimum absolute atomic E-state index is 0.0602. The summed E-state index contributed by atoms with van der Waals surface area (Å²) in [5.41, 5.74) is 5.26. The van der Waals surface area contributed by atoms with Crippen LogP contribution in [-0.4, -0.2) is 53.5 Å². The fourth-order valence-corrected chi connectivity index (χ4v) is 3.14. The lowest BCUT2D eigenvalue weighted by Crippen LogP contribution is -2.59. The molecule has 3 atom stereocenters. The van der Waals surface area contributed by atoms with Crippen LogP contribution in [-0.2, 0) is 11.0 Å². The number of hydrogen-bond acceptors (Lipinski definition) is 3. The zero-order chi connectivity index (χ0) is 21.1. The second-order valence-electron chi connectivity index (χ2n) is 7.25. The van der Waals surface area contributed by atoms with Crippen molar-refractivity contribution in [3.63, 3.8) is 0 Å². The maximum atomic E-state index is 12.8. The largest absolute Gasteiger partial charge is 0.416 e. The number of benzene rings is 1. The van der Waals surface area contributed by atoms with E-state index in [1.165, 1.54) is 17.0 Å². The van der Waals surface area contributed by atoms with E-state index in [-0.39, 0.29) is 30.1 Å². The third-order valence-electron chi connectivity index (χ3n) is 5.18. The van der Waals surface area contributed by atoms with E-state index in [1.807, 2.05) is 13.8 Å². The van der Waals surface area contributed by atoms with Crippen molar-refractivity contribution in [1.29, 1.82) is 0 Å². The number of anilines is 1. The third-order valence-corrected chi connectivity index (χ3v) is 5.18. The number of alkyl halides is 3. The van der Waals surface area contributed by atoms with Crippen LogP contribution in [0, 0.1) is 5.92 Å². The van der Waals surface area contributed by atoms with E-state index in [0.29, 0.717) is 13.1 Å². The molecule has 1 saturated heterocycles. The van der Waals surface area contributed by atoms with Crippen LogP contribution in [0.1, 0.15) is 32.8 Å². The van der Waals surface area contributed by atoms with Gasteiger partial charge < -0.3 is 20.9 Å². The molecule has 9 heteroatoms. The van der Waals surface area contributed by atoms with Crippen molar-refractivity contribution in [3.05, 3.63) is 29.8 Å². The highest BCUT2D eigenvalue weighted by atomic mass is 19.4. The van der Waals surface area contributed by atoms with Gasteiger partial charge in [0, 0.05) is 31.4 Å². The molecule has 1 aliphatic heterocycles. The fourth-order valence-electron chi connectivity index (χ4n) is 3.14. The van der Waals surface area contributed by atoms with Crippen LogP contribution < -0.4 is 11.1 Å². The summed E-state index contributed by atoms with van der Waals surface area (Å²) in [6, 6.07) is 3.13. The van der Waals surface area contributed by atoms with Gasteiger partial charge in [-0.25, -0.2) is 4.79 Å². The summed E-state index contributed by atoms with van der Waals surface area (Å²) in [6.45, 7) is 6.63. The van der Waals surface area contributed by atoms with Crippen molar-refractivity contribution >= 4 is 17.6 Å². The predicted molar refractivity (Wildman–Crippen MR) is 101 cm³/mol. The SMILES string of the molecule is CCC(C)C(N)C(=O)N1CCN(C(=O)Nc2cccc(C(F)(F)F)c2)C(C)C1. The van der Waals surface area contributed by atoms with E-state index in [9.17, 15) is 22.8 Å². The summed E-state index contributed by atoms with van der Waals surface area (Å²) in [6.07, 6.45) is -3.68. The van der Waals surface area contributed by atoms with Gasteiger partial charge in [-0.1, -0.05) is 26.3 Å². The Balaban J connectivity index is 1.99. The summed E-state index contributed by atoms with van der Waals surface area (Å²) in [4.78, 5) is 28.2. The normalized spacial score (nSPS) is 19.9. The van der Waals surface area contributed by atoms with Gasteiger partial charge in [-0.05, 0) is 31.0 Å². The molecule has 0 radical (unpaired) electrons. The van der Waals surface area contributed by atoms with Crippen molar-refractivity contribution in [3.8, 4) is 0 Å². The number of piperazine rings is 1. The predicted octanol–water partition coefficient (Wildman–Crippen LogP) is 3.14. The summed E-state index contributed by atoms with van der Waals surface area (Å²) < 4.78 is 38.5. The summed E-state index contributed by atoms with van der Waals surface area (Å²) in [5, 5.41) is 2.51. The molecule has 28 heavy (non-hydrogen) atoms. The molecular weight excluding hydrogens is 373 g/mol. The fraction of sp³-hybridized carbons (Fsp3) is 0.579. The number of hydrogen-bond donors (Lipinski definition) is 2. The Kier molecular flexibility index (Phi) is 6.92. The standard InChI is InChI=1S/C19H27F3N4O2/c1-4-12(2)16(23)17(27)25-8-9-26(13(3)11-25)18(28)24-15-7-5-6-14(10-15)19(20,21)22/h5-7,10,12-13,16H,4,8-9,11,23H2,1-3H3,(H,24,28). The molecule has 6 nitrogen and oxygen atoms in total. The monoisotopic (exact) mass is 400 g/mol. The first-order chi connectivity index (χ1) is 13.0. The number of amides is 3. The molecule has 0 bridgehead atoms. The molecule has 3 N–H and O–H groups in total. The van der Waals surface area contributed by atoms with Gasteiger partial charge in [-0.15, -0.1) is 0 Å². The molecule has 3 amide bonds. The molecule has 0 spiro atoms. The summed E-state index contributed by atoms with van der Waals surface area (Å²) in [5.74, 6) is -0.0795. The zero-order valence-electron chi connectivity index (χ0n) is 16.3. The topological polar surface area (TPSA) is 78.7 Å². The second kappa shape index (κ2) is 8.81. The first kappa shape index (κ1) is 22.0. The third kappa shape index (κ3) is 5.15. The van der Waals surface area contributed by atoms with Gasteiger partial charge in [0.1, 0.15) is 0 Å². The molecule has 1 aromatic carbocycles. The van der Waals surface area contributed by atoms with Gasteiger partial charge in [-0.2, -0.15) is 13.2 Å². The van der Waals surface area contributed by atoms with E-state index in [0.717, 1.165) is 18.6 Å². The first-order valence-corrected chi connectivity index (χ1v) is 9.33. The molecule has 1 fully saturated rings. The number of nitrogens with zero attached hydrogens (tertiary/aromatic N) is 2. The molecule has 0 aliphatic carbocycles. The van der Waals surface area contributed by atoms with Crippen LogP contribution in [0.15, 0.2) is 24.3 Å². The Hall–Kier alpha value is -2.29. The molecule has 1 aliphatic rings. The molecule has 156 valence electrons. The van der Waals surface area contributed by atoms with Crippen LogP contribution in [0.3, 0.4) is 0 Å². The molecular formula is C19H27F3N4O2. The van der Waals surface area contributed by atoms with E-state index >= 15 is 0 Å². The Morgan fingerprint density at radius 2 is 2.00 bits per heavy atom. The Morgan fingerprint density at radius 3 is 2.57 bits per heavy atom. The van der Waals surface area contributed by atoms with Crippen LogP contribution >= 0.6 is 0 Å². The van der Waals surface area contributed by atoms with E-state index in [2.05, 4.69) is 5.32 Å². The maximum absolute atomic E-state index is 12.8. The molecule has 2 rings (SSSR count). The highest BCUT2D eigenvalue weighted by Crippen LogP contribution is 2.30. The van der Waals surface area contributed by atoms with E-state index in [4.69, 9.17) is 5.73 Å². The van der Waals surface area contributed by atoms with Crippen LogP contribution in [0.25, 0.3) is 0 Å². The maximum Gasteiger partial charge on any atom is 0.416 e. The smallest absolute Gasteiger partial charge is 0.338 e. The van der Waals surface area contributed by atoms with E-state index < -0.39 is 23.8 Å². The van der Waals surface area contributed by atoms with Crippen LogP contribution in [0.4, 0.5) is 23.7 Å². The highest BCUT2D eigenvalue weighted by molar-refractivity contribution is 5.90. The number of urea groups is 1. The van der Waals surface area contributed by atoms with Gasteiger partial charge >= 0.3 is 12.2 Å². The molecule has 1 aromatic rings. The number of nitrogens with one attached hydrogen (secondary N) is 1. The van der Waals surface area contributed by atoms with Crippen molar-refractivity contribution in [2.75, 3.05) is 25.0 Å². The van der Waals surface area contributed by atoms with Gasteiger partial charge in [-0.3, -0.25) is 4.79 Å². The van der Waals surface area contributed by atoms with Crippen LogP contribution in [0.2, 0.25) is 0 Å². The lowest BCUT2D eigenvalue weighted by Gasteiger charge is -2.41. The number of nitrogens with two attached hydrogens (primary N) is 1. The lowest BCUT2D eigenvalue weighted by atomic mass is 9.98. The van der Waals surface area contributed by atoms with Crippen molar-refractivity contribution in [2.24, 2.45) is 11.7 Å². The average Bonchev–Trinajstić information content (AvgIpc) is 2.65. The number of carbonyl (C=O) groups excluding carboxylic acids is 2. The zero-order valence-corrected chi connectivity index (χ0v) is 16.3.